The van der Waals surface area contributed by atoms with Crippen LogP contribution in [0, 0.1) is 10.5 Å². The van der Waals surface area contributed by atoms with Gasteiger partial charge in [-0.15, -0.1) is 0 Å². The highest BCUT2D eigenvalue weighted by atomic mass is 127. The molecule has 1 N–H and O–H groups in total. The van der Waals surface area contributed by atoms with Gasteiger partial charge >= 0.3 is 0 Å². The first-order valence-corrected chi connectivity index (χ1v) is 7.65. The summed E-state index contributed by atoms with van der Waals surface area (Å²) in [7, 11) is 0. The van der Waals surface area contributed by atoms with Gasteiger partial charge < -0.3 is 5.32 Å². The molecule has 2 nitrogen and oxygen atoms in total. The number of hydrogen-bond donors (Lipinski definition) is 1. The number of aryl methyl sites for hydroxylation is 1. The van der Waals surface area contributed by atoms with Crippen molar-refractivity contribution in [2.24, 2.45) is 0 Å². The van der Waals surface area contributed by atoms with Crippen molar-refractivity contribution in [2.45, 2.75) is 52.5 Å². The maximum atomic E-state index is 12.4. The number of rotatable bonds is 5. The molecular formula is C15H22INO. The molecule has 0 aliphatic heterocycles. The zero-order chi connectivity index (χ0) is 13.8. The Labute approximate surface area is 124 Å². The Bertz CT molecular complexity index is 416. The van der Waals surface area contributed by atoms with E-state index in [1.54, 1.807) is 0 Å². The third-order valence-corrected chi connectivity index (χ3v) is 5.28. The van der Waals surface area contributed by atoms with Gasteiger partial charge in [0.05, 0.1) is 5.56 Å². The minimum absolute atomic E-state index is 0.0497. The monoisotopic (exact) mass is 359 g/mol. The maximum absolute atomic E-state index is 12.4. The Morgan fingerprint density at radius 3 is 2.28 bits per heavy atom. The molecular weight excluding hydrogens is 337 g/mol. The number of benzene rings is 1. The number of carbonyl (C=O) groups excluding carboxylic acids is 1. The Balaban J connectivity index is 2.98. The van der Waals surface area contributed by atoms with Crippen LogP contribution >= 0.6 is 22.6 Å². The van der Waals surface area contributed by atoms with Crippen LogP contribution in [0.1, 0.15) is 56.0 Å². The van der Waals surface area contributed by atoms with E-state index in [1.807, 2.05) is 25.1 Å². The van der Waals surface area contributed by atoms with Gasteiger partial charge in [0.2, 0.25) is 0 Å². The van der Waals surface area contributed by atoms with Crippen molar-refractivity contribution in [1.82, 2.24) is 5.32 Å². The normalized spacial score (nSPS) is 11.4. The fraction of sp³-hybridized carbons (Fsp3) is 0.533. The summed E-state index contributed by atoms with van der Waals surface area (Å²) in [5.41, 5.74) is 1.87. The van der Waals surface area contributed by atoms with Crippen LogP contribution < -0.4 is 5.32 Å². The van der Waals surface area contributed by atoms with Crippen LogP contribution in [0.5, 0.6) is 0 Å². The first kappa shape index (κ1) is 15.5. The Hall–Kier alpha value is -0.580. The van der Waals surface area contributed by atoms with Crippen molar-refractivity contribution in [2.75, 3.05) is 0 Å². The highest BCUT2D eigenvalue weighted by Gasteiger charge is 2.27. The molecule has 0 unspecified atom stereocenters. The van der Waals surface area contributed by atoms with Crippen molar-refractivity contribution < 1.29 is 4.79 Å². The van der Waals surface area contributed by atoms with Gasteiger partial charge in [0.15, 0.2) is 0 Å². The van der Waals surface area contributed by atoms with Gasteiger partial charge in [-0.25, -0.2) is 0 Å². The lowest BCUT2D eigenvalue weighted by atomic mass is 9.89. The predicted molar refractivity (Wildman–Crippen MR) is 85.0 cm³/mol. The van der Waals surface area contributed by atoms with E-state index in [1.165, 1.54) is 0 Å². The lowest BCUT2D eigenvalue weighted by Crippen LogP contribution is -2.47. The molecule has 0 fully saturated rings. The third-order valence-electron chi connectivity index (χ3n) is 3.85. The minimum atomic E-state index is -0.0656. The van der Waals surface area contributed by atoms with Gasteiger partial charge in [-0.1, -0.05) is 32.9 Å². The summed E-state index contributed by atoms with van der Waals surface area (Å²) in [6, 6.07) is 5.87. The second kappa shape index (κ2) is 6.55. The number of halogens is 1. The van der Waals surface area contributed by atoms with E-state index in [2.05, 4.69) is 48.7 Å². The van der Waals surface area contributed by atoms with E-state index in [9.17, 15) is 4.79 Å². The van der Waals surface area contributed by atoms with Gasteiger partial charge in [0.1, 0.15) is 0 Å². The zero-order valence-electron chi connectivity index (χ0n) is 11.6. The first-order valence-electron chi connectivity index (χ1n) is 6.57. The average Bonchev–Trinajstić information content (AvgIpc) is 2.39. The van der Waals surface area contributed by atoms with Crippen molar-refractivity contribution in [3.8, 4) is 0 Å². The van der Waals surface area contributed by atoms with Crippen molar-refractivity contribution in [3.05, 3.63) is 32.9 Å². The quantitative estimate of drug-likeness (QED) is 0.781. The van der Waals surface area contributed by atoms with E-state index in [-0.39, 0.29) is 11.4 Å². The van der Waals surface area contributed by atoms with Crippen LogP contribution in [-0.2, 0) is 0 Å². The molecule has 0 aliphatic rings. The predicted octanol–water partition coefficient (Wildman–Crippen LogP) is 4.30. The van der Waals surface area contributed by atoms with Crippen molar-refractivity contribution >= 4 is 28.5 Å². The molecule has 3 heteroatoms. The SMILES string of the molecule is CCC(CC)(CC)NC(=O)c1cccc(C)c1I. The number of amides is 1. The third kappa shape index (κ3) is 3.25. The molecule has 0 saturated carbocycles. The maximum Gasteiger partial charge on any atom is 0.252 e. The highest BCUT2D eigenvalue weighted by Crippen LogP contribution is 2.22. The second-order valence-electron chi connectivity index (χ2n) is 4.73. The summed E-state index contributed by atoms with van der Waals surface area (Å²) in [6.07, 6.45) is 2.90. The lowest BCUT2D eigenvalue weighted by molar-refractivity contribution is 0.0887. The van der Waals surface area contributed by atoms with Crippen LogP contribution in [0.2, 0.25) is 0 Å². The molecule has 0 heterocycles. The molecule has 0 bridgehead atoms. The fourth-order valence-electron chi connectivity index (χ4n) is 2.15. The molecule has 1 aromatic rings. The molecule has 1 aromatic carbocycles. The van der Waals surface area contributed by atoms with E-state index in [4.69, 9.17) is 0 Å². The van der Waals surface area contributed by atoms with Gasteiger partial charge in [0, 0.05) is 9.11 Å². The summed E-state index contributed by atoms with van der Waals surface area (Å²) in [6.45, 7) is 8.43. The summed E-state index contributed by atoms with van der Waals surface area (Å²) < 4.78 is 1.05. The molecule has 1 amide bonds. The summed E-state index contributed by atoms with van der Waals surface area (Å²) in [5, 5.41) is 3.22. The summed E-state index contributed by atoms with van der Waals surface area (Å²) >= 11 is 2.25. The molecule has 0 saturated heterocycles. The molecule has 0 atom stereocenters. The molecule has 100 valence electrons. The van der Waals surface area contributed by atoms with Crippen LogP contribution in [0.15, 0.2) is 18.2 Å². The Morgan fingerprint density at radius 2 is 1.78 bits per heavy atom. The topological polar surface area (TPSA) is 29.1 Å². The minimum Gasteiger partial charge on any atom is -0.347 e. The molecule has 0 aromatic heterocycles. The van der Waals surface area contributed by atoms with Crippen molar-refractivity contribution in [1.29, 1.82) is 0 Å². The highest BCUT2D eigenvalue weighted by molar-refractivity contribution is 14.1. The lowest BCUT2D eigenvalue weighted by Gasteiger charge is -2.32. The Kier molecular flexibility index (Phi) is 5.63. The van der Waals surface area contributed by atoms with Crippen molar-refractivity contribution in [3.63, 3.8) is 0 Å². The van der Waals surface area contributed by atoms with E-state index in [0.29, 0.717) is 0 Å². The fourth-order valence-corrected chi connectivity index (χ4v) is 2.75. The van der Waals surface area contributed by atoms with Crippen LogP contribution in [0.25, 0.3) is 0 Å². The van der Waals surface area contributed by atoms with E-state index >= 15 is 0 Å². The molecule has 1 rings (SSSR count). The summed E-state index contributed by atoms with van der Waals surface area (Å²) in [5.74, 6) is 0.0497. The zero-order valence-corrected chi connectivity index (χ0v) is 13.8. The van der Waals surface area contributed by atoms with E-state index in [0.717, 1.165) is 34.0 Å². The van der Waals surface area contributed by atoms with Gasteiger partial charge in [-0.05, 0) is 60.4 Å². The largest absolute Gasteiger partial charge is 0.347 e. The van der Waals surface area contributed by atoms with Crippen LogP contribution in [0.3, 0.4) is 0 Å². The molecule has 0 aliphatic carbocycles. The van der Waals surface area contributed by atoms with E-state index < -0.39 is 0 Å². The Morgan fingerprint density at radius 1 is 1.22 bits per heavy atom. The van der Waals surface area contributed by atoms with Crippen LogP contribution in [0.4, 0.5) is 0 Å². The standard InChI is InChI=1S/C15H22INO/c1-5-15(6-2,7-3)17-14(18)12-10-8-9-11(4)13(12)16/h8-10H,5-7H2,1-4H3,(H,17,18). The van der Waals surface area contributed by atoms with Gasteiger partial charge in [0.25, 0.3) is 5.91 Å². The molecule has 18 heavy (non-hydrogen) atoms. The molecule has 0 spiro atoms. The average molecular weight is 359 g/mol. The smallest absolute Gasteiger partial charge is 0.252 e. The number of nitrogens with one attached hydrogen (secondary N) is 1. The molecule has 0 radical (unpaired) electrons. The van der Waals surface area contributed by atoms with Gasteiger partial charge in [-0.2, -0.15) is 0 Å². The summed E-state index contributed by atoms with van der Waals surface area (Å²) in [4.78, 5) is 12.4. The first-order chi connectivity index (χ1) is 8.49. The number of carbonyl (C=O) groups is 1. The second-order valence-corrected chi connectivity index (χ2v) is 5.81. The van der Waals surface area contributed by atoms with Crippen LogP contribution in [-0.4, -0.2) is 11.4 Å². The number of hydrogen-bond acceptors (Lipinski definition) is 1. The van der Waals surface area contributed by atoms with Gasteiger partial charge in [-0.3, -0.25) is 4.79 Å².